The summed E-state index contributed by atoms with van der Waals surface area (Å²) in [5.74, 6) is -0.878. The summed E-state index contributed by atoms with van der Waals surface area (Å²) >= 11 is 1.46. The molecule has 2 N–H and O–H groups in total. The molecule has 0 radical (unpaired) electrons. The van der Waals surface area contributed by atoms with Crippen molar-refractivity contribution in [1.82, 2.24) is 0 Å². The zero-order valence-corrected chi connectivity index (χ0v) is 11.6. The molecule has 2 aliphatic rings. The fourth-order valence-corrected chi connectivity index (χ4v) is 3.65. The Kier molecular flexibility index (Phi) is 3.41. The highest BCUT2D eigenvalue weighted by atomic mass is 32.2. The molecule has 5 heteroatoms. The van der Waals surface area contributed by atoms with E-state index in [2.05, 4.69) is 5.32 Å². The van der Waals surface area contributed by atoms with E-state index in [4.69, 9.17) is 4.74 Å². The number of hydrogen-bond donors (Lipinski definition) is 2. The largest absolute Gasteiger partial charge is 0.478 e. The molecule has 0 amide bonds. The highest BCUT2D eigenvalue weighted by Gasteiger charge is 2.41. The number of fused-ring (bicyclic) bond motifs is 2. The van der Waals surface area contributed by atoms with Crippen molar-refractivity contribution < 1.29 is 14.6 Å². The third kappa shape index (κ3) is 2.32. The van der Waals surface area contributed by atoms with Gasteiger partial charge in [-0.15, -0.1) is 11.8 Å². The second-order valence-electron chi connectivity index (χ2n) is 5.05. The topological polar surface area (TPSA) is 58.6 Å². The van der Waals surface area contributed by atoms with Crippen molar-refractivity contribution in [1.29, 1.82) is 0 Å². The number of rotatable bonds is 4. The predicted octanol–water partition coefficient (Wildman–Crippen LogP) is 2.84. The van der Waals surface area contributed by atoms with Crippen molar-refractivity contribution >= 4 is 23.4 Å². The first-order valence-corrected chi connectivity index (χ1v) is 7.74. The van der Waals surface area contributed by atoms with Gasteiger partial charge in [-0.25, -0.2) is 4.79 Å². The Hall–Kier alpha value is -1.20. The number of carbonyl (C=O) groups is 1. The van der Waals surface area contributed by atoms with Gasteiger partial charge < -0.3 is 15.2 Å². The molecule has 0 aromatic heterocycles. The molecule has 3 rings (SSSR count). The van der Waals surface area contributed by atoms with Crippen molar-refractivity contribution in [2.75, 3.05) is 11.6 Å². The number of carboxylic acid groups (broad SMARTS) is 1. The van der Waals surface area contributed by atoms with Crippen molar-refractivity contribution in [3.8, 4) is 0 Å². The lowest BCUT2D eigenvalue weighted by Gasteiger charge is -2.22. The summed E-state index contributed by atoms with van der Waals surface area (Å²) in [4.78, 5) is 12.2. The summed E-state index contributed by atoms with van der Waals surface area (Å²) in [6.07, 6.45) is 5.69. The molecule has 4 nitrogen and oxygen atoms in total. The van der Waals surface area contributed by atoms with Crippen LogP contribution in [0, 0.1) is 0 Å². The van der Waals surface area contributed by atoms with Gasteiger partial charge in [0.2, 0.25) is 0 Å². The van der Waals surface area contributed by atoms with Crippen molar-refractivity contribution in [3.63, 3.8) is 0 Å². The zero-order chi connectivity index (χ0) is 13.4. The third-order valence-corrected chi connectivity index (χ3v) is 4.69. The lowest BCUT2D eigenvalue weighted by Crippen LogP contribution is -2.31. The molecule has 19 heavy (non-hydrogen) atoms. The first-order valence-electron chi connectivity index (χ1n) is 6.51. The summed E-state index contributed by atoms with van der Waals surface area (Å²) < 4.78 is 5.80. The second kappa shape index (κ2) is 5.06. The Balaban J connectivity index is 1.86. The van der Waals surface area contributed by atoms with Crippen LogP contribution in [0.5, 0.6) is 0 Å². The monoisotopic (exact) mass is 279 g/mol. The summed E-state index contributed by atoms with van der Waals surface area (Å²) in [5, 5.41) is 12.8. The van der Waals surface area contributed by atoms with E-state index in [-0.39, 0.29) is 12.1 Å². The minimum atomic E-state index is -0.878. The van der Waals surface area contributed by atoms with Crippen LogP contribution in [0.25, 0.3) is 0 Å². The molecule has 2 fully saturated rings. The maximum atomic E-state index is 11.5. The molecule has 2 aliphatic heterocycles. The van der Waals surface area contributed by atoms with E-state index in [1.165, 1.54) is 11.8 Å². The van der Waals surface area contributed by atoms with Crippen molar-refractivity contribution in [2.24, 2.45) is 0 Å². The Morgan fingerprint density at radius 1 is 1.47 bits per heavy atom. The van der Waals surface area contributed by atoms with Gasteiger partial charge in [0.25, 0.3) is 0 Å². The molecule has 1 aromatic carbocycles. The summed E-state index contributed by atoms with van der Waals surface area (Å²) in [7, 11) is 0. The quantitative estimate of drug-likeness (QED) is 0.830. The van der Waals surface area contributed by atoms with E-state index in [0.29, 0.717) is 17.4 Å². The highest BCUT2D eigenvalue weighted by Crippen LogP contribution is 2.37. The number of carboxylic acids is 1. The molecule has 3 unspecified atom stereocenters. The molecule has 2 saturated heterocycles. The Labute approximate surface area is 116 Å². The van der Waals surface area contributed by atoms with Gasteiger partial charge in [-0.3, -0.25) is 0 Å². The molecule has 1 aromatic rings. The van der Waals surface area contributed by atoms with Crippen LogP contribution >= 0.6 is 11.8 Å². The number of benzene rings is 1. The van der Waals surface area contributed by atoms with E-state index >= 15 is 0 Å². The molecule has 102 valence electrons. The maximum absolute atomic E-state index is 11.5. The fourth-order valence-electron chi connectivity index (χ4n) is 3.03. The van der Waals surface area contributed by atoms with E-state index in [9.17, 15) is 9.90 Å². The molecular weight excluding hydrogens is 262 g/mol. The van der Waals surface area contributed by atoms with Gasteiger partial charge in [0.1, 0.15) is 0 Å². The third-order valence-electron chi connectivity index (χ3n) is 3.91. The molecule has 0 saturated carbocycles. The lowest BCUT2D eigenvalue weighted by molar-refractivity contribution is 0.0694. The predicted molar refractivity (Wildman–Crippen MR) is 75.1 cm³/mol. The summed E-state index contributed by atoms with van der Waals surface area (Å²) in [6.45, 7) is 0. The van der Waals surface area contributed by atoms with Crippen LogP contribution < -0.4 is 5.32 Å². The first kappa shape index (κ1) is 12.8. The van der Waals surface area contributed by atoms with Crippen LogP contribution in [0.3, 0.4) is 0 Å². The summed E-state index contributed by atoms with van der Waals surface area (Å²) in [5.41, 5.74) is 1.08. The number of thioether (sulfide) groups is 1. The van der Waals surface area contributed by atoms with Gasteiger partial charge in [-0.1, -0.05) is 6.07 Å². The smallest absolute Gasteiger partial charge is 0.338 e. The molecule has 0 aliphatic carbocycles. The lowest BCUT2D eigenvalue weighted by atomic mass is 9.95. The standard InChI is InChI=1S/C14H17NO3S/c1-19-12-4-2-3-9(13(12)14(16)17)15-10-7-8-5-6-11(10)18-8/h2-4,8,10-11,15H,5-7H2,1H3,(H,16,17). The number of hydrogen-bond acceptors (Lipinski definition) is 4. The van der Waals surface area contributed by atoms with Crippen LogP contribution in [-0.4, -0.2) is 35.6 Å². The maximum Gasteiger partial charge on any atom is 0.338 e. The minimum absolute atomic E-state index is 0.240. The number of anilines is 1. The average Bonchev–Trinajstić information content (AvgIpc) is 3.00. The normalized spacial score (nSPS) is 28.6. The van der Waals surface area contributed by atoms with E-state index in [1.807, 2.05) is 24.5 Å². The number of ether oxygens (including phenoxy) is 1. The van der Waals surface area contributed by atoms with Gasteiger partial charge in [-0.05, 0) is 37.7 Å². The van der Waals surface area contributed by atoms with Crippen molar-refractivity contribution in [3.05, 3.63) is 23.8 Å². The average molecular weight is 279 g/mol. The first-order chi connectivity index (χ1) is 9.19. The van der Waals surface area contributed by atoms with E-state index < -0.39 is 5.97 Å². The van der Waals surface area contributed by atoms with Gasteiger partial charge in [0.05, 0.1) is 29.5 Å². The SMILES string of the molecule is CSc1cccc(NC2CC3CCC2O3)c1C(=O)O. The Morgan fingerprint density at radius 3 is 2.89 bits per heavy atom. The number of nitrogens with one attached hydrogen (secondary N) is 1. The zero-order valence-electron chi connectivity index (χ0n) is 10.8. The number of aromatic carboxylic acids is 1. The van der Waals surface area contributed by atoms with Crippen molar-refractivity contribution in [2.45, 2.75) is 42.4 Å². The summed E-state index contributed by atoms with van der Waals surface area (Å²) in [6, 6.07) is 5.83. The van der Waals surface area contributed by atoms with E-state index in [1.54, 1.807) is 0 Å². The fraction of sp³-hybridized carbons (Fsp3) is 0.500. The second-order valence-corrected chi connectivity index (χ2v) is 5.90. The minimum Gasteiger partial charge on any atom is -0.478 e. The molecule has 2 heterocycles. The molecular formula is C14H17NO3S. The van der Waals surface area contributed by atoms with Crippen LogP contribution in [0.4, 0.5) is 5.69 Å². The van der Waals surface area contributed by atoms with Crippen LogP contribution in [0.15, 0.2) is 23.1 Å². The van der Waals surface area contributed by atoms with Crippen LogP contribution in [0.2, 0.25) is 0 Å². The molecule has 2 bridgehead atoms. The Morgan fingerprint density at radius 2 is 2.32 bits per heavy atom. The van der Waals surface area contributed by atoms with Gasteiger partial charge >= 0.3 is 5.97 Å². The van der Waals surface area contributed by atoms with Crippen LogP contribution in [-0.2, 0) is 4.74 Å². The van der Waals surface area contributed by atoms with Gasteiger partial charge in [-0.2, -0.15) is 0 Å². The molecule has 3 atom stereocenters. The van der Waals surface area contributed by atoms with Gasteiger partial charge in [0, 0.05) is 4.90 Å². The van der Waals surface area contributed by atoms with Gasteiger partial charge in [0.15, 0.2) is 0 Å². The van der Waals surface area contributed by atoms with Crippen LogP contribution in [0.1, 0.15) is 29.6 Å². The van der Waals surface area contributed by atoms with E-state index in [0.717, 1.165) is 24.2 Å². The highest BCUT2D eigenvalue weighted by molar-refractivity contribution is 7.98. The molecule has 0 spiro atoms. The Bertz CT molecular complexity index is 505.